The first-order chi connectivity index (χ1) is 13.6. The minimum absolute atomic E-state index is 0.00210. The highest BCUT2D eigenvalue weighted by Gasteiger charge is 2.20. The summed E-state index contributed by atoms with van der Waals surface area (Å²) in [6.07, 6.45) is 5.21. The molecule has 1 unspecified atom stereocenters. The fourth-order valence-electron chi connectivity index (χ4n) is 2.77. The van der Waals surface area contributed by atoms with E-state index in [1.54, 1.807) is 0 Å². The van der Waals surface area contributed by atoms with Crippen molar-refractivity contribution in [3.63, 3.8) is 0 Å². The van der Waals surface area contributed by atoms with E-state index in [4.69, 9.17) is 18.5 Å². The summed E-state index contributed by atoms with van der Waals surface area (Å²) in [5, 5.41) is 2.18. The van der Waals surface area contributed by atoms with Crippen LogP contribution in [0, 0.1) is 0 Å². The Hall–Kier alpha value is -1.43. The average Bonchev–Trinajstić information content (AvgIpc) is 2.70. The fourth-order valence-corrected chi connectivity index (χ4v) is 3.51. The molecule has 0 aliphatic rings. The van der Waals surface area contributed by atoms with Crippen molar-refractivity contribution in [1.82, 2.24) is 0 Å². The average molecular weight is 410 g/mol. The fraction of sp³-hybridized carbons (Fsp3) is 0.524. The molecule has 7 heteroatoms. The molecule has 0 fully saturated rings. The van der Waals surface area contributed by atoms with Crippen LogP contribution >= 0.6 is 7.82 Å². The van der Waals surface area contributed by atoms with E-state index in [2.05, 4.69) is 6.92 Å². The number of ether oxygens (including phenoxy) is 2. The standard InChI is InChI=1S/C21H31O6P/c1-2-3-4-5-8-14-26-28(22,23)27-18-16-24-15-17-25-21-13-9-11-19-10-6-7-12-20(19)21/h6-7,9-13H,2-5,8,14-18H2,1H3,(H,22,23). The second kappa shape index (κ2) is 12.9. The minimum atomic E-state index is -3.99. The van der Waals surface area contributed by atoms with Crippen LogP contribution in [0.3, 0.4) is 0 Å². The van der Waals surface area contributed by atoms with Crippen LogP contribution in [0.5, 0.6) is 5.75 Å². The number of phosphoric ester groups is 1. The third-order valence-electron chi connectivity index (χ3n) is 4.22. The van der Waals surface area contributed by atoms with Crippen molar-refractivity contribution in [1.29, 1.82) is 0 Å². The van der Waals surface area contributed by atoms with Gasteiger partial charge in [-0.05, 0) is 17.9 Å². The van der Waals surface area contributed by atoms with Gasteiger partial charge in [-0.15, -0.1) is 0 Å². The number of phosphoric acid groups is 1. The van der Waals surface area contributed by atoms with Crippen molar-refractivity contribution < 1.29 is 28.0 Å². The van der Waals surface area contributed by atoms with Crippen LogP contribution in [0.2, 0.25) is 0 Å². The van der Waals surface area contributed by atoms with E-state index in [9.17, 15) is 9.46 Å². The van der Waals surface area contributed by atoms with Gasteiger partial charge < -0.3 is 14.4 Å². The molecular weight excluding hydrogens is 379 g/mol. The molecule has 0 radical (unpaired) electrons. The Morgan fingerprint density at radius 3 is 2.39 bits per heavy atom. The Balaban J connectivity index is 1.53. The van der Waals surface area contributed by atoms with Crippen LogP contribution in [0.25, 0.3) is 10.8 Å². The molecule has 1 atom stereocenters. The van der Waals surface area contributed by atoms with Crippen LogP contribution in [0.1, 0.15) is 39.0 Å². The maximum Gasteiger partial charge on any atom is 0.472 e. The second-order valence-corrected chi connectivity index (χ2v) is 7.94. The summed E-state index contributed by atoms with van der Waals surface area (Å²) in [4.78, 5) is 9.60. The first-order valence-corrected chi connectivity index (χ1v) is 11.4. The van der Waals surface area contributed by atoms with Crippen LogP contribution in [-0.2, 0) is 18.3 Å². The lowest BCUT2D eigenvalue weighted by molar-refractivity contribution is 0.0610. The predicted molar refractivity (Wildman–Crippen MR) is 111 cm³/mol. The normalized spacial score (nSPS) is 13.5. The van der Waals surface area contributed by atoms with E-state index in [0.717, 1.165) is 42.2 Å². The van der Waals surface area contributed by atoms with Crippen LogP contribution in [0.4, 0.5) is 0 Å². The number of rotatable bonds is 15. The number of fused-ring (bicyclic) bond motifs is 1. The van der Waals surface area contributed by atoms with Crippen molar-refractivity contribution in [2.75, 3.05) is 33.0 Å². The summed E-state index contributed by atoms with van der Waals surface area (Å²) in [6.45, 7) is 3.32. The summed E-state index contributed by atoms with van der Waals surface area (Å²) in [5.41, 5.74) is 0. The molecule has 0 aliphatic carbocycles. The van der Waals surface area contributed by atoms with Gasteiger partial charge in [-0.1, -0.05) is 69.0 Å². The molecule has 0 saturated heterocycles. The summed E-state index contributed by atoms with van der Waals surface area (Å²) in [5.74, 6) is 0.810. The predicted octanol–water partition coefficient (Wildman–Crippen LogP) is 5.34. The van der Waals surface area contributed by atoms with Gasteiger partial charge in [0.1, 0.15) is 12.4 Å². The van der Waals surface area contributed by atoms with Crippen molar-refractivity contribution in [2.24, 2.45) is 0 Å². The maximum absolute atomic E-state index is 11.7. The van der Waals surface area contributed by atoms with E-state index < -0.39 is 7.82 Å². The summed E-state index contributed by atoms with van der Waals surface area (Å²) in [7, 11) is -3.99. The molecule has 2 aromatic carbocycles. The second-order valence-electron chi connectivity index (χ2n) is 6.49. The number of hydrogen-bond donors (Lipinski definition) is 1. The van der Waals surface area contributed by atoms with Crippen LogP contribution < -0.4 is 4.74 Å². The Labute approximate surface area is 167 Å². The summed E-state index contributed by atoms with van der Waals surface area (Å²) < 4.78 is 32.7. The van der Waals surface area contributed by atoms with E-state index in [1.807, 2.05) is 42.5 Å². The zero-order valence-corrected chi connectivity index (χ0v) is 17.4. The molecule has 0 aromatic heterocycles. The Morgan fingerprint density at radius 2 is 1.54 bits per heavy atom. The molecule has 1 N–H and O–H groups in total. The molecule has 0 amide bonds. The smallest absolute Gasteiger partial charge is 0.472 e. The third kappa shape index (κ3) is 8.72. The number of unbranched alkanes of at least 4 members (excludes halogenated alkanes) is 4. The SMILES string of the molecule is CCCCCCCOP(=O)(O)OCCOCCOc1cccc2ccccc12. The van der Waals surface area contributed by atoms with Gasteiger partial charge in [-0.25, -0.2) is 4.57 Å². The highest BCUT2D eigenvalue weighted by atomic mass is 31.2. The molecule has 0 saturated carbocycles. The lowest BCUT2D eigenvalue weighted by Gasteiger charge is -2.13. The number of benzene rings is 2. The van der Waals surface area contributed by atoms with Crippen LogP contribution in [0.15, 0.2) is 42.5 Å². The van der Waals surface area contributed by atoms with E-state index in [-0.39, 0.29) is 19.8 Å². The van der Waals surface area contributed by atoms with Crippen LogP contribution in [-0.4, -0.2) is 37.9 Å². The molecule has 0 heterocycles. The van der Waals surface area contributed by atoms with Gasteiger partial charge in [0, 0.05) is 5.39 Å². The lowest BCUT2D eigenvalue weighted by Crippen LogP contribution is -2.11. The molecule has 6 nitrogen and oxygen atoms in total. The number of hydrogen-bond acceptors (Lipinski definition) is 5. The highest BCUT2D eigenvalue weighted by molar-refractivity contribution is 7.47. The van der Waals surface area contributed by atoms with Gasteiger partial charge in [-0.3, -0.25) is 9.05 Å². The van der Waals surface area contributed by atoms with Gasteiger partial charge in [0.05, 0.1) is 26.4 Å². The zero-order chi connectivity index (χ0) is 20.1. The van der Waals surface area contributed by atoms with Gasteiger partial charge >= 0.3 is 7.82 Å². The van der Waals surface area contributed by atoms with Crippen molar-refractivity contribution >= 4 is 18.6 Å². The Bertz CT molecular complexity index is 730. The quantitative estimate of drug-likeness (QED) is 0.316. The van der Waals surface area contributed by atoms with Crippen molar-refractivity contribution in [3.8, 4) is 5.75 Å². The zero-order valence-electron chi connectivity index (χ0n) is 16.5. The molecule has 156 valence electrons. The molecule has 2 aromatic rings. The van der Waals surface area contributed by atoms with Gasteiger partial charge in [0.2, 0.25) is 0 Å². The third-order valence-corrected chi connectivity index (χ3v) is 5.24. The molecule has 0 bridgehead atoms. The Kier molecular flexibility index (Phi) is 10.5. The highest BCUT2D eigenvalue weighted by Crippen LogP contribution is 2.43. The molecule has 0 aliphatic heterocycles. The first kappa shape index (κ1) is 22.9. The van der Waals surface area contributed by atoms with Gasteiger partial charge in [0.25, 0.3) is 0 Å². The van der Waals surface area contributed by atoms with Crippen molar-refractivity contribution in [2.45, 2.75) is 39.0 Å². The van der Waals surface area contributed by atoms with Crippen molar-refractivity contribution in [3.05, 3.63) is 42.5 Å². The lowest BCUT2D eigenvalue weighted by atomic mass is 10.1. The summed E-state index contributed by atoms with van der Waals surface area (Å²) >= 11 is 0. The molecule has 28 heavy (non-hydrogen) atoms. The van der Waals surface area contributed by atoms with E-state index in [1.165, 1.54) is 6.42 Å². The van der Waals surface area contributed by atoms with Gasteiger partial charge in [-0.2, -0.15) is 0 Å². The van der Waals surface area contributed by atoms with E-state index >= 15 is 0 Å². The topological polar surface area (TPSA) is 74.2 Å². The Morgan fingerprint density at radius 1 is 0.821 bits per heavy atom. The molecule has 0 spiro atoms. The monoisotopic (exact) mass is 410 g/mol. The first-order valence-electron chi connectivity index (χ1n) is 9.92. The van der Waals surface area contributed by atoms with Gasteiger partial charge in [0.15, 0.2) is 0 Å². The maximum atomic E-state index is 11.7. The summed E-state index contributed by atoms with van der Waals surface area (Å²) in [6, 6.07) is 13.9. The van der Waals surface area contributed by atoms with E-state index in [0.29, 0.717) is 13.2 Å². The minimum Gasteiger partial charge on any atom is -0.491 e. The molecular formula is C21H31O6P. The largest absolute Gasteiger partial charge is 0.491 e. The molecule has 2 rings (SSSR count).